The molecule has 1 aromatic rings. The number of benzene rings is 1. The molecule has 0 atom stereocenters. The Balaban J connectivity index is 2.28. The average Bonchev–Trinajstić information content (AvgIpc) is 2.23. The Hall–Kier alpha value is -1.02. The van der Waals surface area contributed by atoms with E-state index in [1.165, 1.54) is 22.3 Å². The summed E-state index contributed by atoms with van der Waals surface area (Å²) in [6.07, 6.45) is 3.44. The summed E-state index contributed by atoms with van der Waals surface area (Å²) >= 11 is 0. The first-order valence-electron chi connectivity index (χ1n) is 6.42. The van der Waals surface area contributed by atoms with Gasteiger partial charge in [0.25, 0.3) is 0 Å². The molecule has 1 aliphatic rings. The average molecular weight is 233 g/mol. The summed E-state index contributed by atoms with van der Waals surface area (Å²) in [4.78, 5) is 0. The van der Waals surface area contributed by atoms with E-state index >= 15 is 0 Å². The summed E-state index contributed by atoms with van der Waals surface area (Å²) in [5, 5.41) is 0. The van der Waals surface area contributed by atoms with E-state index in [1.54, 1.807) is 7.11 Å². The lowest BCUT2D eigenvalue weighted by atomic mass is 9.76. The number of hydrogen-bond donors (Lipinski definition) is 1. The van der Waals surface area contributed by atoms with Crippen LogP contribution in [0.5, 0.6) is 5.75 Å². The maximum atomic E-state index is 5.85. The highest BCUT2D eigenvalue weighted by Gasteiger charge is 2.27. The molecule has 2 rings (SSSR count). The van der Waals surface area contributed by atoms with Gasteiger partial charge < -0.3 is 10.5 Å². The molecule has 2 nitrogen and oxygen atoms in total. The van der Waals surface area contributed by atoms with Crippen molar-refractivity contribution in [3.8, 4) is 5.75 Å². The molecular formula is C15H23NO. The van der Waals surface area contributed by atoms with Crippen LogP contribution in [-0.2, 0) is 6.42 Å². The molecule has 0 aromatic heterocycles. The molecule has 0 heterocycles. The standard InChI is InChI=1S/C15H23NO/c1-9-5-10(2)14(15(17-4)11(9)3)8-12-6-13(16)7-12/h5,12-13H,6-8,16H2,1-4H3. The molecule has 0 unspecified atom stereocenters. The summed E-state index contributed by atoms with van der Waals surface area (Å²) in [6.45, 7) is 6.47. The van der Waals surface area contributed by atoms with Crippen LogP contribution in [0, 0.1) is 26.7 Å². The molecule has 2 N–H and O–H groups in total. The third-order valence-corrected chi connectivity index (χ3v) is 4.08. The molecule has 0 spiro atoms. The van der Waals surface area contributed by atoms with E-state index < -0.39 is 0 Å². The highest BCUT2D eigenvalue weighted by molar-refractivity contribution is 5.50. The summed E-state index contributed by atoms with van der Waals surface area (Å²) < 4.78 is 5.60. The molecule has 0 amide bonds. The van der Waals surface area contributed by atoms with E-state index in [9.17, 15) is 0 Å². The smallest absolute Gasteiger partial charge is 0.125 e. The fourth-order valence-corrected chi connectivity index (χ4v) is 2.88. The van der Waals surface area contributed by atoms with E-state index in [0.717, 1.165) is 30.9 Å². The maximum absolute atomic E-state index is 5.85. The molecular weight excluding hydrogens is 210 g/mol. The maximum Gasteiger partial charge on any atom is 0.125 e. The molecule has 2 heteroatoms. The minimum atomic E-state index is 0.429. The number of rotatable bonds is 3. The first kappa shape index (κ1) is 12.4. The molecule has 1 aliphatic carbocycles. The highest BCUT2D eigenvalue weighted by atomic mass is 16.5. The van der Waals surface area contributed by atoms with E-state index in [-0.39, 0.29) is 0 Å². The van der Waals surface area contributed by atoms with Gasteiger partial charge in [0.15, 0.2) is 0 Å². The van der Waals surface area contributed by atoms with Crippen molar-refractivity contribution in [3.63, 3.8) is 0 Å². The number of nitrogens with two attached hydrogens (primary N) is 1. The van der Waals surface area contributed by atoms with Gasteiger partial charge in [0.05, 0.1) is 7.11 Å². The highest BCUT2D eigenvalue weighted by Crippen LogP contribution is 2.36. The van der Waals surface area contributed by atoms with Gasteiger partial charge >= 0.3 is 0 Å². The molecule has 94 valence electrons. The Kier molecular flexibility index (Phi) is 3.43. The molecule has 1 fully saturated rings. The lowest BCUT2D eigenvalue weighted by Crippen LogP contribution is -2.37. The summed E-state index contributed by atoms with van der Waals surface area (Å²) in [5.41, 5.74) is 11.2. The Labute approximate surface area is 104 Å². The van der Waals surface area contributed by atoms with Gasteiger partial charge in [-0.2, -0.15) is 0 Å². The van der Waals surface area contributed by atoms with Crippen LogP contribution >= 0.6 is 0 Å². The summed E-state index contributed by atoms with van der Waals surface area (Å²) in [5.74, 6) is 1.84. The fraction of sp³-hybridized carbons (Fsp3) is 0.600. The summed E-state index contributed by atoms with van der Waals surface area (Å²) in [7, 11) is 1.78. The van der Waals surface area contributed by atoms with E-state index in [0.29, 0.717) is 6.04 Å². The number of hydrogen-bond acceptors (Lipinski definition) is 2. The van der Waals surface area contributed by atoms with Crippen molar-refractivity contribution in [3.05, 3.63) is 28.3 Å². The zero-order valence-electron chi connectivity index (χ0n) is 11.3. The molecule has 17 heavy (non-hydrogen) atoms. The predicted molar refractivity (Wildman–Crippen MR) is 71.6 cm³/mol. The van der Waals surface area contributed by atoms with Crippen LogP contribution in [0.2, 0.25) is 0 Å². The van der Waals surface area contributed by atoms with Gasteiger partial charge in [-0.1, -0.05) is 6.07 Å². The topological polar surface area (TPSA) is 35.2 Å². The Bertz CT molecular complexity index is 419. The van der Waals surface area contributed by atoms with Crippen molar-refractivity contribution >= 4 is 0 Å². The fourth-order valence-electron chi connectivity index (χ4n) is 2.88. The van der Waals surface area contributed by atoms with Crippen molar-refractivity contribution in [1.29, 1.82) is 0 Å². The van der Waals surface area contributed by atoms with Crippen LogP contribution in [0.15, 0.2) is 6.07 Å². The van der Waals surface area contributed by atoms with Crippen LogP contribution in [0.1, 0.15) is 35.1 Å². The van der Waals surface area contributed by atoms with Crippen molar-refractivity contribution in [2.45, 2.75) is 46.1 Å². The van der Waals surface area contributed by atoms with Crippen molar-refractivity contribution in [2.24, 2.45) is 11.7 Å². The number of methoxy groups -OCH3 is 1. The van der Waals surface area contributed by atoms with Gasteiger partial charge in [-0.3, -0.25) is 0 Å². The first-order chi connectivity index (χ1) is 8.02. The van der Waals surface area contributed by atoms with Gasteiger partial charge in [0, 0.05) is 6.04 Å². The van der Waals surface area contributed by atoms with Gasteiger partial charge in [0.1, 0.15) is 5.75 Å². The first-order valence-corrected chi connectivity index (χ1v) is 6.42. The zero-order chi connectivity index (χ0) is 12.6. The Morgan fingerprint density at radius 2 is 1.88 bits per heavy atom. The second kappa shape index (κ2) is 4.69. The van der Waals surface area contributed by atoms with E-state index in [1.807, 2.05) is 0 Å². The van der Waals surface area contributed by atoms with Gasteiger partial charge in [0.2, 0.25) is 0 Å². The largest absolute Gasteiger partial charge is 0.496 e. The second-order valence-corrected chi connectivity index (χ2v) is 5.45. The van der Waals surface area contributed by atoms with Crippen LogP contribution in [0.3, 0.4) is 0 Å². The normalized spacial score (nSPS) is 23.4. The number of aryl methyl sites for hydroxylation is 2. The van der Waals surface area contributed by atoms with E-state index in [2.05, 4.69) is 26.8 Å². The monoisotopic (exact) mass is 233 g/mol. The molecule has 1 saturated carbocycles. The Morgan fingerprint density at radius 3 is 2.41 bits per heavy atom. The molecule has 1 aromatic carbocycles. The zero-order valence-corrected chi connectivity index (χ0v) is 11.3. The minimum absolute atomic E-state index is 0.429. The second-order valence-electron chi connectivity index (χ2n) is 5.45. The number of ether oxygens (including phenoxy) is 1. The van der Waals surface area contributed by atoms with Crippen LogP contribution < -0.4 is 10.5 Å². The molecule has 0 aliphatic heterocycles. The van der Waals surface area contributed by atoms with Crippen molar-refractivity contribution in [2.75, 3.05) is 7.11 Å². The van der Waals surface area contributed by atoms with Crippen LogP contribution in [0.25, 0.3) is 0 Å². The molecule has 0 bridgehead atoms. The van der Waals surface area contributed by atoms with Gasteiger partial charge in [-0.05, 0) is 68.2 Å². The minimum Gasteiger partial charge on any atom is -0.496 e. The predicted octanol–water partition coefficient (Wildman–Crippen LogP) is 2.90. The molecule has 0 saturated heterocycles. The van der Waals surface area contributed by atoms with Crippen LogP contribution in [0.4, 0.5) is 0 Å². The molecule has 0 radical (unpaired) electrons. The Morgan fingerprint density at radius 1 is 1.24 bits per heavy atom. The quantitative estimate of drug-likeness (QED) is 0.871. The third-order valence-electron chi connectivity index (χ3n) is 4.08. The SMILES string of the molecule is COc1c(C)c(C)cc(C)c1CC1CC(N)C1. The summed E-state index contributed by atoms with van der Waals surface area (Å²) in [6, 6.07) is 2.70. The van der Waals surface area contributed by atoms with Crippen LogP contribution in [-0.4, -0.2) is 13.2 Å². The van der Waals surface area contributed by atoms with Crippen molar-refractivity contribution < 1.29 is 4.74 Å². The van der Waals surface area contributed by atoms with Crippen molar-refractivity contribution in [1.82, 2.24) is 0 Å². The van der Waals surface area contributed by atoms with Gasteiger partial charge in [-0.25, -0.2) is 0 Å². The lowest BCUT2D eigenvalue weighted by Gasteiger charge is -2.33. The third kappa shape index (κ3) is 2.32. The lowest BCUT2D eigenvalue weighted by molar-refractivity contribution is 0.261. The van der Waals surface area contributed by atoms with Gasteiger partial charge in [-0.15, -0.1) is 0 Å². The van der Waals surface area contributed by atoms with E-state index in [4.69, 9.17) is 10.5 Å².